The van der Waals surface area contributed by atoms with Crippen LogP contribution in [-0.2, 0) is 9.84 Å². The Morgan fingerprint density at radius 3 is 1.37 bits per heavy atom. The van der Waals surface area contributed by atoms with E-state index >= 15 is 0 Å². The topological polar surface area (TPSA) is 223 Å². The van der Waals surface area contributed by atoms with Crippen molar-refractivity contribution >= 4 is 61.7 Å². The summed E-state index contributed by atoms with van der Waals surface area (Å²) in [6.07, 6.45) is 2.01. The molecule has 0 radical (unpaired) electrons. The van der Waals surface area contributed by atoms with Gasteiger partial charge in [-0.25, -0.2) is 40.9 Å². The molecule has 21 heteroatoms. The SMILES string of the molecule is CC(C)N1CCN(c2ccc(N)cc2)CC1.CC(C)N1CCN(c2ccc(Nc3ncc(C(=O)c4c(F)cccc4F)c(N)n3)cc2)CC1.CCS(=O)(=O)c1ncc(C(=O)c2c(F)cccc2F)c(N)n1. The normalized spacial score (nSPS) is 14.4. The van der Waals surface area contributed by atoms with Gasteiger partial charge in [-0.2, -0.15) is 4.98 Å². The Kier molecular flexibility index (Phi) is 17.6. The molecule has 376 valence electrons. The second-order valence-electron chi connectivity index (χ2n) is 17.2. The van der Waals surface area contributed by atoms with Crippen LogP contribution in [-0.4, -0.2) is 120 Å². The molecule has 0 saturated carbocycles. The monoisotopic (exact) mass is 998 g/mol. The number of ketones is 2. The minimum atomic E-state index is -3.71. The number of nitrogens with one attached hydrogen (secondary N) is 1. The highest BCUT2D eigenvalue weighted by molar-refractivity contribution is 7.91. The van der Waals surface area contributed by atoms with Crippen molar-refractivity contribution in [3.8, 4) is 0 Å². The molecule has 71 heavy (non-hydrogen) atoms. The number of carbonyl (C=O) groups excluding carboxylic acids is 2. The van der Waals surface area contributed by atoms with Crippen LogP contribution in [0.1, 0.15) is 66.5 Å². The molecule has 0 aliphatic carbocycles. The largest absolute Gasteiger partial charge is 0.399 e. The fourth-order valence-corrected chi connectivity index (χ4v) is 8.43. The number of hydrogen-bond donors (Lipinski definition) is 4. The van der Waals surface area contributed by atoms with Gasteiger partial charge in [0, 0.05) is 99.6 Å². The molecule has 7 N–H and O–H groups in total. The fourth-order valence-electron chi connectivity index (χ4n) is 7.72. The molecule has 2 saturated heterocycles. The second-order valence-corrected chi connectivity index (χ2v) is 19.4. The number of nitrogen functional groups attached to an aromatic ring is 3. The summed E-state index contributed by atoms with van der Waals surface area (Å²) < 4.78 is 78.4. The number of piperazine rings is 2. The van der Waals surface area contributed by atoms with E-state index in [1.54, 1.807) is 0 Å². The van der Waals surface area contributed by atoms with Crippen molar-refractivity contribution in [1.29, 1.82) is 0 Å². The third-order valence-corrected chi connectivity index (χ3v) is 13.5. The van der Waals surface area contributed by atoms with Gasteiger partial charge in [0.2, 0.25) is 32.5 Å². The molecule has 2 fully saturated rings. The molecule has 16 nitrogen and oxygen atoms in total. The van der Waals surface area contributed by atoms with Gasteiger partial charge < -0.3 is 32.3 Å². The summed E-state index contributed by atoms with van der Waals surface area (Å²) in [6.45, 7) is 18.9. The Hall–Kier alpha value is -7.23. The number of hydrogen-bond acceptors (Lipinski definition) is 16. The summed E-state index contributed by atoms with van der Waals surface area (Å²) in [5.74, 6) is -6.72. The van der Waals surface area contributed by atoms with Gasteiger partial charge >= 0.3 is 0 Å². The predicted octanol–water partition coefficient (Wildman–Crippen LogP) is 7.00. The van der Waals surface area contributed by atoms with E-state index in [4.69, 9.17) is 17.2 Å². The number of rotatable bonds is 12. The highest BCUT2D eigenvalue weighted by Crippen LogP contribution is 2.25. The smallest absolute Gasteiger partial charge is 0.249 e. The minimum Gasteiger partial charge on any atom is -0.399 e. The summed E-state index contributed by atoms with van der Waals surface area (Å²) in [5, 5.41) is 2.49. The van der Waals surface area contributed by atoms with Gasteiger partial charge in [-0.05, 0) is 100 Å². The zero-order chi connectivity index (χ0) is 51.6. The maximum absolute atomic E-state index is 13.9. The van der Waals surface area contributed by atoms with Crippen LogP contribution in [0, 0.1) is 23.3 Å². The molecule has 2 aliphatic heterocycles. The van der Waals surface area contributed by atoms with E-state index in [1.165, 1.54) is 24.9 Å². The van der Waals surface area contributed by atoms with Gasteiger partial charge in [0.15, 0.2) is 0 Å². The highest BCUT2D eigenvalue weighted by atomic mass is 32.2. The summed E-state index contributed by atoms with van der Waals surface area (Å²) in [7, 11) is -3.71. The van der Waals surface area contributed by atoms with Gasteiger partial charge in [-0.3, -0.25) is 19.4 Å². The lowest BCUT2D eigenvalue weighted by molar-refractivity contribution is 0.102. The third-order valence-electron chi connectivity index (χ3n) is 12.0. The molecule has 4 aromatic carbocycles. The summed E-state index contributed by atoms with van der Waals surface area (Å²) >= 11 is 0. The predicted molar refractivity (Wildman–Crippen MR) is 269 cm³/mol. The van der Waals surface area contributed by atoms with Crippen molar-refractivity contribution in [1.82, 2.24) is 29.7 Å². The summed E-state index contributed by atoms with van der Waals surface area (Å²) in [5.41, 5.74) is 19.1. The van der Waals surface area contributed by atoms with Crippen molar-refractivity contribution in [2.75, 3.05) is 90.4 Å². The number of anilines is 7. The first kappa shape index (κ1) is 53.1. The molecule has 0 unspecified atom stereocenters. The molecule has 8 rings (SSSR count). The molecule has 0 spiro atoms. The Morgan fingerprint density at radius 1 is 0.592 bits per heavy atom. The molecular weight excluding hydrogens is 941 g/mol. The average molecular weight is 999 g/mol. The van der Waals surface area contributed by atoms with E-state index in [2.05, 4.69) is 84.7 Å². The zero-order valence-corrected chi connectivity index (χ0v) is 40.9. The maximum Gasteiger partial charge on any atom is 0.249 e. The van der Waals surface area contributed by atoms with Crippen molar-refractivity contribution in [3.63, 3.8) is 0 Å². The molecule has 0 bridgehead atoms. The number of aromatic nitrogens is 4. The molecule has 0 amide bonds. The van der Waals surface area contributed by atoms with Crippen molar-refractivity contribution in [3.05, 3.63) is 143 Å². The number of sulfone groups is 1. The van der Waals surface area contributed by atoms with Crippen LogP contribution in [0.4, 0.5) is 57.9 Å². The molecule has 6 aromatic rings. The second kappa shape index (κ2) is 23.6. The molecule has 2 aliphatic rings. The van der Waals surface area contributed by atoms with Crippen LogP contribution in [0.15, 0.2) is 102 Å². The number of halogens is 4. The number of nitrogens with two attached hydrogens (primary N) is 3. The van der Waals surface area contributed by atoms with Gasteiger partial charge in [0.1, 0.15) is 34.9 Å². The first-order chi connectivity index (χ1) is 33.8. The van der Waals surface area contributed by atoms with E-state index in [0.717, 1.165) is 106 Å². The van der Waals surface area contributed by atoms with Crippen molar-refractivity contribution in [2.24, 2.45) is 0 Å². The van der Waals surface area contributed by atoms with Gasteiger partial charge in [0.25, 0.3) is 0 Å². The summed E-state index contributed by atoms with van der Waals surface area (Å²) in [6, 6.07) is 23.4. The first-order valence-electron chi connectivity index (χ1n) is 22.9. The highest BCUT2D eigenvalue weighted by Gasteiger charge is 2.26. The molecule has 2 aromatic heterocycles. The lowest BCUT2D eigenvalue weighted by Crippen LogP contribution is -2.48. The Labute approximate surface area is 410 Å². The Bertz CT molecular complexity index is 2870. The quantitative estimate of drug-likeness (QED) is 0.0419. The van der Waals surface area contributed by atoms with Crippen LogP contribution < -0.4 is 32.3 Å². The average Bonchev–Trinajstić information content (AvgIpc) is 3.35. The van der Waals surface area contributed by atoms with Gasteiger partial charge in [-0.15, -0.1) is 0 Å². The first-order valence-corrected chi connectivity index (χ1v) is 24.6. The number of nitrogens with zero attached hydrogens (tertiary/aromatic N) is 8. The van der Waals surface area contributed by atoms with Crippen LogP contribution in [0.5, 0.6) is 0 Å². The zero-order valence-electron chi connectivity index (χ0n) is 40.1. The van der Waals surface area contributed by atoms with E-state index in [0.29, 0.717) is 12.1 Å². The van der Waals surface area contributed by atoms with Crippen LogP contribution in [0.3, 0.4) is 0 Å². The van der Waals surface area contributed by atoms with Crippen molar-refractivity contribution in [2.45, 2.75) is 51.9 Å². The maximum atomic E-state index is 13.9. The molecule has 4 heterocycles. The standard InChI is InChI=1S/C24H26F2N6O.C13H11F2N3O3S.C13H21N3/c1-15(2)31-10-12-32(13-11-31)17-8-6-16(7-9-17)29-24-28-14-18(23(27)30-24)22(33)21-19(25)4-3-5-20(21)26;1-2-22(20,21)13-17-6-7(12(16)18-13)11(19)10-8(14)4-3-5-9(10)15;1-11(2)15-7-9-16(10-8-15)13-5-3-12(14)4-6-13/h3-9,14-15H,10-13H2,1-2H3,(H3,27,28,29,30);3-6H,2H2,1H3,(H2,16,17,18);3-6,11H,7-10,14H2,1-2H3. The fraction of sp³-hybridized carbons (Fsp3) is 0.320. The van der Waals surface area contributed by atoms with Gasteiger partial charge in [0.05, 0.1) is 28.0 Å². The van der Waals surface area contributed by atoms with Crippen LogP contribution in [0.25, 0.3) is 0 Å². The van der Waals surface area contributed by atoms with Crippen molar-refractivity contribution < 1.29 is 35.6 Å². The van der Waals surface area contributed by atoms with Gasteiger partial charge in [-0.1, -0.05) is 19.1 Å². The molecular formula is C50H58F4N12O4S. The van der Waals surface area contributed by atoms with E-state index in [-0.39, 0.29) is 28.6 Å². The lowest BCUT2D eigenvalue weighted by atomic mass is 10.0. The number of benzene rings is 4. The van der Waals surface area contributed by atoms with E-state index in [9.17, 15) is 35.6 Å². The Balaban J connectivity index is 0.000000187. The minimum absolute atomic E-state index is 0.166. The number of carbonyl (C=O) groups is 2. The van der Waals surface area contributed by atoms with E-state index < -0.39 is 66.8 Å². The van der Waals surface area contributed by atoms with E-state index in [1.807, 2.05) is 36.4 Å². The van der Waals surface area contributed by atoms with Crippen LogP contribution >= 0.6 is 0 Å². The summed E-state index contributed by atoms with van der Waals surface area (Å²) in [4.78, 5) is 49.7. The third kappa shape index (κ3) is 13.4. The van der Waals surface area contributed by atoms with Crippen LogP contribution in [0.2, 0.25) is 0 Å². The lowest BCUT2D eigenvalue weighted by Gasteiger charge is -2.38. The Morgan fingerprint density at radius 2 is 0.986 bits per heavy atom. The molecule has 0 atom stereocenters.